The molecule has 0 saturated heterocycles. The smallest absolute Gasteiger partial charge is 0.238 e. The number of benzene rings is 1. The first-order valence-electron chi connectivity index (χ1n) is 9.61. The predicted molar refractivity (Wildman–Crippen MR) is 107 cm³/mol. The molecule has 0 aliphatic heterocycles. The second-order valence-electron chi connectivity index (χ2n) is 7.27. The van der Waals surface area contributed by atoms with Crippen LogP contribution in [-0.2, 0) is 22.4 Å². The Labute approximate surface area is 165 Å². The summed E-state index contributed by atoms with van der Waals surface area (Å²) in [4.78, 5) is 31.2. The largest absolute Gasteiger partial charge is 0.497 e. The van der Waals surface area contributed by atoms with Gasteiger partial charge < -0.3 is 15.0 Å². The van der Waals surface area contributed by atoms with E-state index in [-0.39, 0.29) is 11.8 Å². The van der Waals surface area contributed by atoms with Gasteiger partial charge in [-0.15, -0.1) is 0 Å². The molecule has 2 amide bonds. The molecule has 6 nitrogen and oxygen atoms in total. The van der Waals surface area contributed by atoms with E-state index in [1.807, 2.05) is 36.4 Å². The molecule has 0 bridgehead atoms. The zero-order chi connectivity index (χ0) is 20.0. The van der Waals surface area contributed by atoms with Crippen LogP contribution in [0.3, 0.4) is 0 Å². The Hall–Kier alpha value is -2.89. The van der Waals surface area contributed by atoms with Crippen LogP contribution < -0.4 is 10.1 Å². The number of ether oxygens (including phenoxy) is 1. The Bertz CT molecular complexity index is 802. The van der Waals surface area contributed by atoms with Crippen molar-refractivity contribution in [1.82, 2.24) is 15.2 Å². The molecule has 2 aromatic rings. The van der Waals surface area contributed by atoms with Gasteiger partial charge >= 0.3 is 0 Å². The van der Waals surface area contributed by atoms with Gasteiger partial charge in [-0.2, -0.15) is 0 Å². The number of hydrogen-bond donors (Lipinski definition) is 1. The highest BCUT2D eigenvalue weighted by Crippen LogP contribution is 2.47. The van der Waals surface area contributed by atoms with Crippen molar-refractivity contribution in [3.8, 4) is 5.75 Å². The number of amides is 2. The molecule has 1 aliphatic carbocycles. The van der Waals surface area contributed by atoms with Crippen molar-refractivity contribution < 1.29 is 14.3 Å². The lowest BCUT2D eigenvalue weighted by molar-refractivity contribution is -0.143. The Morgan fingerprint density at radius 3 is 2.32 bits per heavy atom. The van der Waals surface area contributed by atoms with Gasteiger partial charge in [0.15, 0.2) is 0 Å². The monoisotopic (exact) mass is 381 g/mol. The quantitative estimate of drug-likeness (QED) is 0.676. The van der Waals surface area contributed by atoms with E-state index >= 15 is 0 Å². The van der Waals surface area contributed by atoms with Gasteiger partial charge in [0.2, 0.25) is 11.8 Å². The van der Waals surface area contributed by atoms with Crippen LogP contribution in [0.2, 0.25) is 0 Å². The van der Waals surface area contributed by atoms with Crippen LogP contribution in [-0.4, -0.2) is 48.9 Å². The van der Waals surface area contributed by atoms with E-state index in [4.69, 9.17) is 4.74 Å². The van der Waals surface area contributed by atoms with E-state index in [2.05, 4.69) is 10.3 Å². The first-order valence-corrected chi connectivity index (χ1v) is 9.61. The van der Waals surface area contributed by atoms with Crippen molar-refractivity contribution in [3.05, 3.63) is 59.9 Å². The van der Waals surface area contributed by atoms with E-state index in [0.717, 1.165) is 29.7 Å². The van der Waals surface area contributed by atoms with Crippen LogP contribution in [0.1, 0.15) is 24.0 Å². The van der Waals surface area contributed by atoms with Crippen molar-refractivity contribution in [2.24, 2.45) is 5.41 Å². The molecule has 1 heterocycles. The van der Waals surface area contributed by atoms with Gasteiger partial charge in [-0.25, -0.2) is 0 Å². The molecule has 0 atom stereocenters. The van der Waals surface area contributed by atoms with Gasteiger partial charge in [0.1, 0.15) is 11.2 Å². The van der Waals surface area contributed by atoms with E-state index in [1.54, 1.807) is 31.5 Å². The fourth-order valence-corrected chi connectivity index (χ4v) is 3.26. The van der Waals surface area contributed by atoms with E-state index in [9.17, 15) is 9.59 Å². The average molecular weight is 381 g/mol. The number of methoxy groups -OCH3 is 1. The zero-order valence-corrected chi connectivity index (χ0v) is 16.5. The van der Waals surface area contributed by atoms with Gasteiger partial charge in [-0.1, -0.05) is 12.1 Å². The molecular weight excluding hydrogens is 354 g/mol. The summed E-state index contributed by atoms with van der Waals surface area (Å²) >= 11 is 0. The molecule has 148 valence electrons. The highest BCUT2D eigenvalue weighted by molar-refractivity contribution is 6.07. The van der Waals surface area contributed by atoms with Gasteiger partial charge in [-0.05, 0) is 61.1 Å². The molecular formula is C22H27N3O3. The number of carbonyl (C=O) groups excluding carboxylic acids is 2. The lowest BCUT2D eigenvalue weighted by Gasteiger charge is -2.23. The van der Waals surface area contributed by atoms with Crippen LogP contribution in [0.15, 0.2) is 48.8 Å². The average Bonchev–Trinajstić information content (AvgIpc) is 3.55. The summed E-state index contributed by atoms with van der Waals surface area (Å²) in [5, 5.41) is 2.95. The second kappa shape index (κ2) is 8.87. The summed E-state index contributed by atoms with van der Waals surface area (Å²) in [6, 6.07) is 11.7. The lowest BCUT2D eigenvalue weighted by atomic mass is 10.0. The standard InChI is InChI=1S/C22H27N3O3/c1-25(16-10-18-7-13-23-14-8-18)21(27)22(11-12-22)20(26)24-15-9-17-3-5-19(28-2)6-4-17/h3-8,13-14H,9-12,15-16H2,1-2H3,(H,24,26). The maximum absolute atomic E-state index is 12.8. The van der Waals surface area contributed by atoms with E-state index in [1.165, 1.54) is 0 Å². The van der Waals surface area contributed by atoms with Crippen LogP contribution in [0, 0.1) is 5.41 Å². The molecule has 0 spiro atoms. The van der Waals surface area contributed by atoms with Gasteiger partial charge in [0.05, 0.1) is 7.11 Å². The van der Waals surface area contributed by atoms with Crippen LogP contribution in [0.25, 0.3) is 0 Å². The fourth-order valence-electron chi connectivity index (χ4n) is 3.26. The number of nitrogens with zero attached hydrogens (tertiary/aromatic N) is 2. The van der Waals surface area contributed by atoms with Crippen molar-refractivity contribution in [3.63, 3.8) is 0 Å². The summed E-state index contributed by atoms with van der Waals surface area (Å²) in [6.07, 6.45) is 6.21. The van der Waals surface area contributed by atoms with Crippen LogP contribution in [0.5, 0.6) is 5.75 Å². The van der Waals surface area contributed by atoms with Gasteiger partial charge in [0, 0.05) is 32.5 Å². The minimum atomic E-state index is -0.868. The van der Waals surface area contributed by atoms with Crippen molar-refractivity contribution in [2.45, 2.75) is 25.7 Å². The predicted octanol–water partition coefficient (Wildman–Crippen LogP) is 2.23. The zero-order valence-electron chi connectivity index (χ0n) is 16.5. The number of aromatic nitrogens is 1. The summed E-state index contributed by atoms with van der Waals surface area (Å²) in [5.41, 5.74) is 1.38. The summed E-state index contributed by atoms with van der Waals surface area (Å²) in [5.74, 6) is 0.579. The molecule has 6 heteroatoms. The Kier molecular flexibility index (Phi) is 6.29. The minimum Gasteiger partial charge on any atom is -0.497 e. The minimum absolute atomic E-state index is 0.0801. The SMILES string of the molecule is COc1ccc(CCNC(=O)C2(C(=O)N(C)CCc3ccncc3)CC2)cc1. The van der Waals surface area contributed by atoms with Crippen molar-refractivity contribution >= 4 is 11.8 Å². The second-order valence-corrected chi connectivity index (χ2v) is 7.27. The number of carbonyl (C=O) groups is 2. The third-order valence-electron chi connectivity index (χ3n) is 5.28. The number of rotatable bonds is 9. The first-order chi connectivity index (χ1) is 13.5. The fraction of sp³-hybridized carbons (Fsp3) is 0.409. The third kappa shape index (κ3) is 4.68. The molecule has 3 rings (SSSR count). The topological polar surface area (TPSA) is 71.5 Å². The number of pyridine rings is 1. The Balaban J connectivity index is 1.47. The molecule has 0 unspecified atom stereocenters. The first kappa shape index (κ1) is 19.9. The van der Waals surface area contributed by atoms with E-state index < -0.39 is 5.41 Å². The Morgan fingerprint density at radius 1 is 1.07 bits per heavy atom. The van der Waals surface area contributed by atoms with E-state index in [0.29, 0.717) is 25.9 Å². The highest BCUT2D eigenvalue weighted by atomic mass is 16.5. The van der Waals surface area contributed by atoms with Crippen molar-refractivity contribution in [1.29, 1.82) is 0 Å². The summed E-state index contributed by atoms with van der Waals surface area (Å²) < 4.78 is 5.15. The highest BCUT2D eigenvalue weighted by Gasteiger charge is 2.57. The molecule has 1 aromatic carbocycles. The molecule has 1 saturated carbocycles. The van der Waals surface area contributed by atoms with Gasteiger partial charge in [-0.3, -0.25) is 14.6 Å². The molecule has 1 fully saturated rings. The van der Waals surface area contributed by atoms with Crippen LogP contribution >= 0.6 is 0 Å². The molecule has 28 heavy (non-hydrogen) atoms. The Morgan fingerprint density at radius 2 is 1.71 bits per heavy atom. The summed E-state index contributed by atoms with van der Waals surface area (Å²) in [7, 11) is 3.41. The molecule has 1 aliphatic rings. The van der Waals surface area contributed by atoms with Gasteiger partial charge in [0.25, 0.3) is 0 Å². The third-order valence-corrected chi connectivity index (χ3v) is 5.28. The molecule has 1 N–H and O–H groups in total. The normalized spacial score (nSPS) is 14.2. The number of nitrogens with one attached hydrogen (secondary N) is 1. The lowest BCUT2D eigenvalue weighted by Crippen LogP contribution is -2.44. The summed E-state index contributed by atoms with van der Waals surface area (Å²) in [6.45, 7) is 1.10. The number of likely N-dealkylation sites (N-methyl/N-ethyl adjacent to an activating group) is 1. The molecule has 1 aromatic heterocycles. The maximum Gasteiger partial charge on any atom is 0.238 e. The maximum atomic E-state index is 12.8. The number of hydrogen-bond acceptors (Lipinski definition) is 4. The van der Waals surface area contributed by atoms with Crippen LogP contribution in [0.4, 0.5) is 0 Å². The van der Waals surface area contributed by atoms with Crippen molar-refractivity contribution in [2.75, 3.05) is 27.2 Å². The molecule has 0 radical (unpaired) electrons.